The number of rotatable bonds is 4. The van der Waals surface area contributed by atoms with Crippen LogP contribution in [-0.2, 0) is 13.5 Å². The number of aromatic nitrogens is 2. The van der Waals surface area contributed by atoms with Gasteiger partial charge in [0.05, 0.1) is 0 Å². The number of benzene rings is 1. The van der Waals surface area contributed by atoms with Crippen LogP contribution >= 0.6 is 0 Å². The molecular weight excluding hydrogens is 210 g/mol. The molecule has 0 bridgehead atoms. The highest BCUT2D eigenvalue weighted by Crippen LogP contribution is 2.14. The van der Waals surface area contributed by atoms with Gasteiger partial charge in [-0.1, -0.05) is 24.3 Å². The Morgan fingerprint density at radius 1 is 1.29 bits per heavy atom. The van der Waals surface area contributed by atoms with Crippen molar-refractivity contribution in [1.29, 1.82) is 0 Å². The summed E-state index contributed by atoms with van der Waals surface area (Å²) in [6.45, 7) is 2.16. The smallest absolute Gasteiger partial charge is 0.112 e. The Bertz CT molecular complexity index is 470. The molecule has 1 atom stereocenters. The first-order chi connectivity index (χ1) is 8.20. The van der Waals surface area contributed by atoms with Gasteiger partial charge >= 0.3 is 0 Å². The zero-order valence-electron chi connectivity index (χ0n) is 10.6. The van der Waals surface area contributed by atoms with Gasteiger partial charge in [-0.2, -0.15) is 0 Å². The van der Waals surface area contributed by atoms with Crippen LogP contribution < -0.4 is 5.32 Å². The number of aryl methyl sites for hydroxylation is 1. The Kier molecular flexibility index (Phi) is 3.59. The lowest BCUT2D eigenvalue weighted by Gasteiger charge is -2.11. The Morgan fingerprint density at radius 3 is 2.53 bits per heavy atom. The van der Waals surface area contributed by atoms with Crippen LogP contribution in [0.25, 0.3) is 0 Å². The van der Waals surface area contributed by atoms with Crippen LogP contribution in [0.3, 0.4) is 0 Å². The fourth-order valence-electron chi connectivity index (χ4n) is 1.84. The molecular formula is C14H19N3. The molecule has 0 aliphatic rings. The Hall–Kier alpha value is -1.61. The van der Waals surface area contributed by atoms with Crippen LogP contribution in [-0.4, -0.2) is 16.6 Å². The molecule has 1 aromatic heterocycles. The van der Waals surface area contributed by atoms with Gasteiger partial charge in [-0.3, -0.25) is 0 Å². The third-order valence-electron chi connectivity index (χ3n) is 3.20. The first-order valence-corrected chi connectivity index (χ1v) is 5.93. The molecule has 90 valence electrons. The second kappa shape index (κ2) is 5.15. The monoisotopic (exact) mass is 229 g/mol. The SMILES string of the molecule is CNC(C)c1ccc(Cc2nccn2C)cc1. The van der Waals surface area contributed by atoms with E-state index in [9.17, 15) is 0 Å². The quantitative estimate of drug-likeness (QED) is 0.871. The van der Waals surface area contributed by atoms with Gasteiger partial charge in [0.2, 0.25) is 0 Å². The molecule has 1 N–H and O–H groups in total. The molecule has 1 unspecified atom stereocenters. The molecule has 17 heavy (non-hydrogen) atoms. The van der Waals surface area contributed by atoms with E-state index in [1.54, 1.807) is 0 Å². The minimum absolute atomic E-state index is 0.400. The van der Waals surface area contributed by atoms with Crippen molar-refractivity contribution in [3.63, 3.8) is 0 Å². The normalized spacial score (nSPS) is 12.6. The van der Waals surface area contributed by atoms with Crippen molar-refractivity contribution in [2.45, 2.75) is 19.4 Å². The lowest BCUT2D eigenvalue weighted by molar-refractivity contribution is 0.652. The van der Waals surface area contributed by atoms with Crippen LogP contribution in [0, 0.1) is 0 Å². The Balaban J connectivity index is 2.11. The average molecular weight is 229 g/mol. The molecule has 3 heteroatoms. The molecule has 0 saturated carbocycles. The lowest BCUT2D eigenvalue weighted by Crippen LogP contribution is -2.12. The maximum Gasteiger partial charge on any atom is 0.112 e. The van der Waals surface area contributed by atoms with Crippen molar-refractivity contribution in [3.05, 3.63) is 53.6 Å². The molecule has 1 aromatic carbocycles. The summed E-state index contributed by atoms with van der Waals surface area (Å²) in [6, 6.07) is 9.12. The van der Waals surface area contributed by atoms with Gasteiger partial charge in [0.15, 0.2) is 0 Å². The highest BCUT2D eigenvalue weighted by atomic mass is 15.0. The molecule has 0 fully saturated rings. The largest absolute Gasteiger partial charge is 0.338 e. The van der Waals surface area contributed by atoms with Gasteiger partial charge in [0, 0.05) is 31.9 Å². The van der Waals surface area contributed by atoms with E-state index in [0.717, 1.165) is 12.2 Å². The maximum atomic E-state index is 4.34. The summed E-state index contributed by atoms with van der Waals surface area (Å²) < 4.78 is 2.06. The van der Waals surface area contributed by atoms with Gasteiger partial charge in [0.1, 0.15) is 5.82 Å². The van der Waals surface area contributed by atoms with E-state index >= 15 is 0 Å². The molecule has 0 amide bonds. The Labute approximate surface area is 103 Å². The van der Waals surface area contributed by atoms with Gasteiger partial charge in [-0.25, -0.2) is 4.98 Å². The molecule has 1 heterocycles. The van der Waals surface area contributed by atoms with E-state index in [1.807, 2.05) is 26.5 Å². The predicted molar refractivity (Wildman–Crippen MR) is 69.9 cm³/mol. The summed E-state index contributed by atoms with van der Waals surface area (Å²) in [5.41, 5.74) is 2.61. The first kappa shape index (κ1) is 11.9. The average Bonchev–Trinajstić information content (AvgIpc) is 2.75. The molecule has 0 radical (unpaired) electrons. The first-order valence-electron chi connectivity index (χ1n) is 5.93. The highest BCUT2D eigenvalue weighted by Gasteiger charge is 2.04. The Morgan fingerprint density at radius 2 is 2.00 bits per heavy atom. The molecule has 3 nitrogen and oxygen atoms in total. The van der Waals surface area contributed by atoms with E-state index in [-0.39, 0.29) is 0 Å². The van der Waals surface area contributed by atoms with Crippen molar-refractivity contribution in [3.8, 4) is 0 Å². The molecule has 0 aliphatic carbocycles. The molecule has 0 spiro atoms. The topological polar surface area (TPSA) is 29.9 Å². The number of hydrogen-bond acceptors (Lipinski definition) is 2. The zero-order chi connectivity index (χ0) is 12.3. The fourth-order valence-corrected chi connectivity index (χ4v) is 1.84. The zero-order valence-corrected chi connectivity index (χ0v) is 10.6. The summed E-state index contributed by atoms with van der Waals surface area (Å²) in [5, 5.41) is 3.24. The number of nitrogens with one attached hydrogen (secondary N) is 1. The molecule has 2 rings (SSSR count). The van der Waals surface area contributed by atoms with Crippen molar-refractivity contribution in [2.24, 2.45) is 7.05 Å². The number of imidazole rings is 1. The third kappa shape index (κ3) is 2.74. The van der Waals surface area contributed by atoms with Gasteiger partial charge in [-0.05, 0) is 25.1 Å². The summed E-state index contributed by atoms with van der Waals surface area (Å²) >= 11 is 0. The second-order valence-electron chi connectivity index (χ2n) is 4.38. The minimum Gasteiger partial charge on any atom is -0.338 e. The minimum atomic E-state index is 0.400. The lowest BCUT2D eigenvalue weighted by atomic mass is 10.0. The summed E-state index contributed by atoms with van der Waals surface area (Å²) in [4.78, 5) is 4.34. The van der Waals surface area contributed by atoms with Crippen LogP contribution in [0.15, 0.2) is 36.7 Å². The van der Waals surface area contributed by atoms with Crippen LogP contribution in [0.4, 0.5) is 0 Å². The van der Waals surface area contributed by atoms with E-state index < -0.39 is 0 Å². The van der Waals surface area contributed by atoms with Crippen LogP contribution in [0.5, 0.6) is 0 Å². The van der Waals surface area contributed by atoms with Crippen molar-refractivity contribution < 1.29 is 0 Å². The summed E-state index contributed by atoms with van der Waals surface area (Å²) in [6.07, 6.45) is 4.71. The standard InChI is InChI=1S/C14H19N3/c1-11(15-2)13-6-4-12(5-7-13)10-14-16-8-9-17(14)3/h4-9,11,15H,10H2,1-3H3. The third-order valence-corrected chi connectivity index (χ3v) is 3.20. The van der Waals surface area contributed by atoms with Crippen LogP contribution in [0.2, 0.25) is 0 Å². The molecule has 0 aliphatic heterocycles. The van der Waals surface area contributed by atoms with E-state index in [4.69, 9.17) is 0 Å². The van der Waals surface area contributed by atoms with E-state index in [0.29, 0.717) is 6.04 Å². The summed E-state index contributed by atoms with van der Waals surface area (Å²) in [5.74, 6) is 1.10. The van der Waals surface area contributed by atoms with Gasteiger partial charge in [-0.15, -0.1) is 0 Å². The fraction of sp³-hybridized carbons (Fsp3) is 0.357. The molecule has 0 saturated heterocycles. The number of hydrogen-bond donors (Lipinski definition) is 1. The summed E-state index contributed by atoms with van der Waals surface area (Å²) in [7, 11) is 4.01. The van der Waals surface area contributed by atoms with Crippen molar-refractivity contribution in [2.75, 3.05) is 7.05 Å². The van der Waals surface area contributed by atoms with E-state index in [2.05, 4.69) is 46.1 Å². The molecule has 2 aromatic rings. The highest BCUT2D eigenvalue weighted by molar-refractivity contribution is 5.26. The number of nitrogens with zero attached hydrogens (tertiary/aromatic N) is 2. The van der Waals surface area contributed by atoms with Crippen molar-refractivity contribution >= 4 is 0 Å². The maximum absolute atomic E-state index is 4.34. The van der Waals surface area contributed by atoms with Crippen LogP contribution in [0.1, 0.15) is 29.9 Å². The van der Waals surface area contributed by atoms with E-state index in [1.165, 1.54) is 11.1 Å². The van der Waals surface area contributed by atoms with Crippen molar-refractivity contribution in [1.82, 2.24) is 14.9 Å². The van der Waals surface area contributed by atoms with Gasteiger partial charge < -0.3 is 9.88 Å². The second-order valence-corrected chi connectivity index (χ2v) is 4.38. The predicted octanol–water partition coefficient (Wildman–Crippen LogP) is 2.29. The van der Waals surface area contributed by atoms with Gasteiger partial charge in [0.25, 0.3) is 0 Å².